The number of methoxy groups -OCH3 is 1. The number of anilines is 3. The Morgan fingerprint density at radius 3 is 2.69 bits per heavy atom. The molecule has 39 heavy (non-hydrogen) atoms. The first-order valence-electron chi connectivity index (χ1n) is 12.3. The second kappa shape index (κ2) is 11.2. The van der Waals surface area contributed by atoms with Gasteiger partial charge in [-0.3, -0.25) is 9.78 Å². The topological polar surface area (TPSA) is 106 Å². The lowest BCUT2D eigenvalue weighted by molar-refractivity contribution is -0.111. The quantitative estimate of drug-likeness (QED) is 0.253. The number of pyridine rings is 1. The van der Waals surface area contributed by atoms with Crippen LogP contribution in [0.15, 0.2) is 79.6 Å². The first-order valence-corrected chi connectivity index (χ1v) is 12.3. The van der Waals surface area contributed by atoms with E-state index in [2.05, 4.69) is 33.2 Å². The number of likely N-dealkylation sites (N-methyl/N-ethyl adjacent to an activating group) is 1. The standard InChI is InChI=1S/C29H29N7O3/c1-5-28(37)32-24-15-23(26(38-4)16-27(24)39-13-12-35(2)3)33-29-31-18-21-10-11-25(36(21)34-29)20-14-19-8-6-7-9-22(19)30-17-20/h5-11,14-18H,1,12-13H2,2-4H3,(H,32,37)(H,33,34). The molecule has 0 spiro atoms. The van der Waals surface area contributed by atoms with Gasteiger partial charge in [-0.1, -0.05) is 24.8 Å². The van der Waals surface area contributed by atoms with Crippen LogP contribution in [0.25, 0.3) is 27.7 Å². The molecule has 0 aliphatic carbocycles. The zero-order valence-electron chi connectivity index (χ0n) is 22.0. The Labute approximate surface area is 225 Å². The summed E-state index contributed by atoms with van der Waals surface area (Å²) in [4.78, 5) is 23.2. The molecule has 0 fully saturated rings. The minimum Gasteiger partial charge on any atom is -0.494 e. The number of fused-ring (bicyclic) bond motifs is 2. The van der Waals surface area contributed by atoms with Crippen LogP contribution in [-0.2, 0) is 4.79 Å². The normalized spacial score (nSPS) is 11.1. The Balaban J connectivity index is 1.49. The number of hydrogen-bond acceptors (Lipinski definition) is 8. The summed E-state index contributed by atoms with van der Waals surface area (Å²) in [5, 5.41) is 11.8. The molecule has 1 amide bonds. The molecule has 0 unspecified atom stereocenters. The molecule has 0 atom stereocenters. The summed E-state index contributed by atoms with van der Waals surface area (Å²) in [6.07, 6.45) is 4.78. The van der Waals surface area contributed by atoms with Crippen molar-refractivity contribution in [3.63, 3.8) is 0 Å². The number of rotatable bonds is 10. The number of ether oxygens (including phenoxy) is 2. The van der Waals surface area contributed by atoms with Crippen LogP contribution in [0.1, 0.15) is 0 Å². The number of hydrogen-bond donors (Lipinski definition) is 2. The Morgan fingerprint density at radius 1 is 1.05 bits per heavy atom. The van der Waals surface area contributed by atoms with Gasteiger partial charge in [-0.2, -0.15) is 0 Å². The van der Waals surface area contributed by atoms with Crippen LogP contribution in [0.5, 0.6) is 11.5 Å². The van der Waals surface area contributed by atoms with Crippen molar-refractivity contribution in [2.24, 2.45) is 0 Å². The molecule has 0 aliphatic rings. The number of carbonyl (C=O) groups excluding carboxylic acids is 1. The lowest BCUT2D eigenvalue weighted by Crippen LogP contribution is -2.20. The van der Waals surface area contributed by atoms with E-state index < -0.39 is 0 Å². The molecule has 0 saturated carbocycles. The summed E-state index contributed by atoms with van der Waals surface area (Å²) < 4.78 is 13.4. The van der Waals surface area contributed by atoms with Gasteiger partial charge in [-0.15, -0.1) is 5.10 Å². The number of carbonyl (C=O) groups is 1. The molecular weight excluding hydrogens is 494 g/mol. The van der Waals surface area contributed by atoms with Gasteiger partial charge in [-0.25, -0.2) is 9.50 Å². The van der Waals surface area contributed by atoms with E-state index >= 15 is 0 Å². The van der Waals surface area contributed by atoms with Gasteiger partial charge < -0.3 is 25.0 Å². The average molecular weight is 524 g/mol. The van der Waals surface area contributed by atoms with Crippen LogP contribution in [0.4, 0.5) is 17.3 Å². The van der Waals surface area contributed by atoms with Crippen molar-refractivity contribution in [3.05, 3.63) is 79.6 Å². The van der Waals surface area contributed by atoms with Gasteiger partial charge in [0.1, 0.15) is 18.1 Å². The van der Waals surface area contributed by atoms with E-state index in [-0.39, 0.29) is 5.91 Å². The molecule has 10 nitrogen and oxygen atoms in total. The zero-order chi connectivity index (χ0) is 27.4. The highest BCUT2D eigenvalue weighted by atomic mass is 16.5. The van der Waals surface area contributed by atoms with Crippen molar-refractivity contribution >= 4 is 39.6 Å². The molecule has 5 aromatic rings. The molecular formula is C29H29N7O3. The van der Waals surface area contributed by atoms with Crippen molar-refractivity contribution < 1.29 is 14.3 Å². The highest BCUT2D eigenvalue weighted by molar-refractivity contribution is 6.00. The van der Waals surface area contributed by atoms with Crippen molar-refractivity contribution in [2.75, 3.05) is 45.0 Å². The third-order valence-corrected chi connectivity index (χ3v) is 6.07. The first-order chi connectivity index (χ1) is 18.9. The number of aromatic nitrogens is 4. The molecule has 2 aromatic carbocycles. The van der Waals surface area contributed by atoms with Gasteiger partial charge in [0, 0.05) is 29.8 Å². The van der Waals surface area contributed by atoms with Gasteiger partial charge in [0.25, 0.3) is 0 Å². The second-order valence-corrected chi connectivity index (χ2v) is 9.07. The summed E-state index contributed by atoms with van der Waals surface area (Å²) >= 11 is 0. The van der Waals surface area contributed by atoms with Crippen LogP contribution >= 0.6 is 0 Å². The maximum Gasteiger partial charge on any atom is 0.247 e. The van der Waals surface area contributed by atoms with Gasteiger partial charge in [0.05, 0.1) is 41.4 Å². The molecule has 3 heterocycles. The molecule has 2 N–H and O–H groups in total. The van der Waals surface area contributed by atoms with Crippen LogP contribution in [0.2, 0.25) is 0 Å². The Bertz CT molecular complexity index is 1660. The first kappa shape index (κ1) is 25.7. The summed E-state index contributed by atoms with van der Waals surface area (Å²) in [6, 6.07) is 17.5. The molecule has 3 aromatic heterocycles. The van der Waals surface area contributed by atoms with E-state index in [4.69, 9.17) is 14.6 Å². The minimum atomic E-state index is -0.359. The summed E-state index contributed by atoms with van der Waals surface area (Å²) in [5.41, 5.74) is 4.59. The number of para-hydroxylation sites is 1. The number of benzene rings is 2. The fraction of sp³-hybridized carbons (Fsp3) is 0.172. The number of nitrogens with zero attached hydrogens (tertiary/aromatic N) is 5. The monoisotopic (exact) mass is 523 g/mol. The van der Waals surface area contributed by atoms with Gasteiger partial charge in [0.2, 0.25) is 11.9 Å². The van der Waals surface area contributed by atoms with Crippen molar-refractivity contribution in [1.29, 1.82) is 0 Å². The summed E-state index contributed by atoms with van der Waals surface area (Å²) in [6.45, 7) is 4.68. The van der Waals surface area contributed by atoms with Crippen molar-refractivity contribution in [1.82, 2.24) is 24.5 Å². The second-order valence-electron chi connectivity index (χ2n) is 9.07. The predicted molar refractivity (Wildman–Crippen MR) is 153 cm³/mol. The molecule has 0 aliphatic heterocycles. The smallest absolute Gasteiger partial charge is 0.247 e. The van der Waals surface area contributed by atoms with Crippen molar-refractivity contribution in [3.8, 4) is 22.8 Å². The molecule has 10 heteroatoms. The van der Waals surface area contributed by atoms with E-state index in [0.29, 0.717) is 42.0 Å². The van der Waals surface area contributed by atoms with Gasteiger partial charge in [-0.05, 0) is 50.5 Å². The Kier molecular flexibility index (Phi) is 7.37. The third kappa shape index (κ3) is 5.65. The maximum absolute atomic E-state index is 12.1. The van der Waals surface area contributed by atoms with Crippen LogP contribution in [-0.4, -0.2) is 64.7 Å². The number of nitrogens with one attached hydrogen (secondary N) is 2. The highest BCUT2D eigenvalue weighted by Gasteiger charge is 2.16. The lowest BCUT2D eigenvalue weighted by Gasteiger charge is -2.18. The number of amides is 1. The maximum atomic E-state index is 12.1. The van der Waals surface area contributed by atoms with Crippen molar-refractivity contribution in [2.45, 2.75) is 0 Å². The molecule has 0 radical (unpaired) electrons. The Hall–Kier alpha value is -4.96. The minimum absolute atomic E-state index is 0.342. The molecule has 0 saturated heterocycles. The Morgan fingerprint density at radius 2 is 1.90 bits per heavy atom. The van der Waals surface area contributed by atoms with Crippen LogP contribution in [0.3, 0.4) is 0 Å². The van der Waals surface area contributed by atoms with E-state index in [1.807, 2.05) is 66.1 Å². The van der Waals surface area contributed by atoms with E-state index in [9.17, 15) is 4.79 Å². The predicted octanol–water partition coefficient (Wildman–Crippen LogP) is 4.76. The highest BCUT2D eigenvalue weighted by Crippen LogP contribution is 2.38. The average Bonchev–Trinajstić information content (AvgIpc) is 3.37. The van der Waals surface area contributed by atoms with Gasteiger partial charge >= 0.3 is 0 Å². The molecule has 5 rings (SSSR count). The molecule has 198 valence electrons. The van der Waals surface area contributed by atoms with E-state index in [0.717, 1.165) is 27.7 Å². The summed E-state index contributed by atoms with van der Waals surface area (Å²) in [5.74, 6) is 0.959. The summed E-state index contributed by atoms with van der Waals surface area (Å²) in [7, 11) is 5.48. The van der Waals surface area contributed by atoms with Crippen LogP contribution in [0, 0.1) is 0 Å². The fourth-order valence-corrected chi connectivity index (χ4v) is 4.08. The largest absolute Gasteiger partial charge is 0.494 e. The van der Waals surface area contributed by atoms with E-state index in [1.54, 1.807) is 25.4 Å². The molecule has 0 bridgehead atoms. The van der Waals surface area contributed by atoms with Gasteiger partial charge in [0.15, 0.2) is 0 Å². The van der Waals surface area contributed by atoms with E-state index in [1.165, 1.54) is 6.08 Å². The third-order valence-electron chi connectivity index (χ3n) is 6.07. The zero-order valence-corrected chi connectivity index (χ0v) is 22.0. The lowest BCUT2D eigenvalue weighted by atomic mass is 10.1. The van der Waals surface area contributed by atoms with Crippen LogP contribution < -0.4 is 20.1 Å². The fourth-order valence-electron chi connectivity index (χ4n) is 4.08. The SMILES string of the molecule is C=CC(=O)Nc1cc(Nc2ncc3ccc(-c4cnc5ccccc5c4)n3n2)c(OC)cc1OCCN(C)C.